The van der Waals surface area contributed by atoms with E-state index in [0.29, 0.717) is 50.5 Å². The van der Waals surface area contributed by atoms with Crippen LogP contribution in [0.5, 0.6) is 5.75 Å². The van der Waals surface area contributed by atoms with Crippen LogP contribution in [-0.2, 0) is 0 Å². The third-order valence-electron chi connectivity index (χ3n) is 6.00. The van der Waals surface area contributed by atoms with Crippen LogP contribution in [0.3, 0.4) is 0 Å². The molecule has 0 spiro atoms. The number of hydrogen-bond acceptors (Lipinski definition) is 6. The van der Waals surface area contributed by atoms with E-state index in [2.05, 4.69) is 4.98 Å². The first-order valence-electron chi connectivity index (χ1n) is 11.5. The molecular formula is C28H26ClN5O2. The molecule has 0 saturated heterocycles. The highest BCUT2D eigenvalue weighted by molar-refractivity contribution is 6.31. The molecule has 0 aliphatic carbocycles. The Morgan fingerprint density at radius 3 is 2.67 bits per heavy atom. The number of phenols is 1. The number of fused-ring (bicyclic) bond motifs is 1. The molecule has 1 atom stereocenters. The first-order valence-corrected chi connectivity index (χ1v) is 11.9. The minimum absolute atomic E-state index is 0.0446. The van der Waals surface area contributed by atoms with Crippen molar-refractivity contribution in [2.75, 3.05) is 13.6 Å². The maximum atomic E-state index is 13.9. The highest BCUT2D eigenvalue weighted by Crippen LogP contribution is 2.33. The molecule has 0 aliphatic heterocycles. The zero-order valence-electron chi connectivity index (χ0n) is 20.3. The fourth-order valence-electron chi connectivity index (χ4n) is 4.13. The second-order valence-electron chi connectivity index (χ2n) is 8.86. The van der Waals surface area contributed by atoms with Crippen LogP contribution in [-0.4, -0.2) is 45.5 Å². The van der Waals surface area contributed by atoms with Gasteiger partial charge in [0.05, 0.1) is 28.4 Å². The van der Waals surface area contributed by atoms with Gasteiger partial charge in [-0.1, -0.05) is 24.6 Å². The van der Waals surface area contributed by atoms with E-state index in [4.69, 9.17) is 22.3 Å². The van der Waals surface area contributed by atoms with Gasteiger partial charge in [0.2, 0.25) is 0 Å². The lowest BCUT2D eigenvalue weighted by Gasteiger charge is -2.23. The number of carbonyl (C=O) groups excluding carboxylic acids is 1. The SMILES string of the molecule is CCC(N)CN(C)C(=O)c1c(-c2cc(C)cc(Cl)c2)cnc2ccc(-c3cc(O)cc(C#N)c3)nc12. The summed E-state index contributed by atoms with van der Waals surface area (Å²) in [4.78, 5) is 24.8. The number of aromatic nitrogens is 2. The van der Waals surface area contributed by atoms with E-state index in [-0.39, 0.29) is 17.7 Å². The number of hydrogen-bond donors (Lipinski definition) is 2. The predicted octanol–water partition coefficient (Wildman–Crippen LogP) is 5.31. The van der Waals surface area contributed by atoms with Crippen molar-refractivity contribution in [1.29, 1.82) is 5.26 Å². The maximum absolute atomic E-state index is 13.9. The molecule has 1 unspecified atom stereocenters. The average Bonchev–Trinajstić information content (AvgIpc) is 2.86. The lowest BCUT2D eigenvalue weighted by atomic mass is 9.97. The minimum atomic E-state index is -0.239. The van der Waals surface area contributed by atoms with Gasteiger partial charge in [0, 0.05) is 42.0 Å². The van der Waals surface area contributed by atoms with Gasteiger partial charge >= 0.3 is 0 Å². The number of phenolic OH excluding ortho intramolecular Hbond substituents is 1. The number of rotatable bonds is 6. The van der Waals surface area contributed by atoms with Crippen molar-refractivity contribution < 1.29 is 9.90 Å². The Kier molecular flexibility index (Phi) is 7.20. The summed E-state index contributed by atoms with van der Waals surface area (Å²) < 4.78 is 0. The predicted molar refractivity (Wildman–Crippen MR) is 142 cm³/mol. The number of aromatic hydroxyl groups is 1. The van der Waals surface area contributed by atoms with Gasteiger partial charge in [-0.3, -0.25) is 9.78 Å². The zero-order chi connectivity index (χ0) is 26.0. The summed E-state index contributed by atoms with van der Waals surface area (Å²) in [6.45, 7) is 4.29. The number of nitrogens with zero attached hydrogens (tertiary/aromatic N) is 4. The standard InChI is InChI=1S/C28H26ClN5O2/c1-4-21(31)15-34(3)28(36)26-23(18-7-16(2)8-20(29)11-18)14-32-25-6-5-24(33-27(25)26)19-9-17(13-30)10-22(35)12-19/h5-12,14,21,35H,4,15,31H2,1-3H3. The van der Waals surface area contributed by atoms with Crippen LogP contribution in [0.15, 0.2) is 54.7 Å². The van der Waals surface area contributed by atoms with Gasteiger partial charge in [0.25, 0.3) is 5.91 Å². The molecule has 1 amide bonds. The van der Waals surface area contributed by atoms with Crippen molar-refractivity contribution in [2.45, 2.75) is 26.3 Å². The first-order chi connectivity index (χ1) is 17.2. The third-order valence-corrected chi connectivity index (χ3v) is 6.22. The van der Waals surface area contributed by atoms with Gasteiger partial charge < -0.3 is 15.7 Å². The second-order valence-corrected chi connectivity index (χ2v) is 9.30. The van der Waals surface area contributed by atoms with Crippen LogP contribution >= 0.6 is 11.6 Å². The van der Waals surface area contributed by atoms with Crippen LogP contribution in [0.1, 0.15) is 34.8 Å². The molecular weight excluding hydrogens is 474 g/mol. The maximum Gasteiger partial charge on any atom is 0.256 e. The topological polar surface area (TPSA) is 116 Å². The van der Waals surface area contributed by atoms with Gasteiger partial charge in [-0.05, 0) is 66.9 Å². The average molecular weight is 500 g/mol. The van der Waals surface area contributed by atoms with E-state index in [9.17, 15) is 15.2 Å². The molecule has 3 N–H and O–H groups in total. The number of aryl methyl sites for hydroxylation is 1. The summed E-state index contributed by atoms with van der Waals surface area (Å²) in [5, 5.41) is 20.0. The van der Waals surface area contributed by atoms with Gasteiger partial charge in [-0.15, -0.1) is 0 Å². The van der Waals surface area contributed by atoms with Crippen molar-refractivity contribution in [3.63, 3.8) is 0 Å². The highest BCUT2D eigenvalue weighted by atomic mass is 35.5. The number of halogens is 1. The van der Waals surface area contributed by atoms with Crippen molar-refractivity contribution in [3.05, 3.63) is 76.4 Å². The smallest absolute Gasteiger partial charge is 0.256 e. The molecule has 0 radical (unpaired) electrons. The minimum Gasteiger partial charge on any atom is -0.508 e. The van der Waals surface area contributed by atoms with Crippen LogP contribution in [0.2, 0.25) is 5.02 Å². The van der Waals surface area contributed by atoms with Crippen LogP contribution in [0.25, 0.3) is 33.4 Å². The molecule has 4 rings (SSSR count). The van der Waals surface area contributed by atoms with Crippen LogP contribution < -0.4 is 5.73 Å². The molecule has 8 heteroatoms. The van der Waals surface area contributed by atoms with E-state index < -0.39 is 0 Å². The fraction of sp³-hybridized carbons (Fsp3) is 0.214. The van der Waals surface area contributed by atoms with Gasteiger partial charge in [0.1, 0.15) is 11.3 Å². The Bertz CT molecular complexity index is 1490. The zero-order valence-corrected chi connectivity index (χ0v) is 21.0. The van der Waals surface area contributed by atoms with E-state index in [0.717, 1.165) is 17.5 Å². The van der Waals surface area contributed by atoms with Crippen LogP contribution in [0.4, 0.5) is 0 Å². The normalized spacial score (nSPS) is 11.8. The molecule has 4 aromatic rings. The van der Waals surface area contributed by atoms with Crippen molar-refractivity contribution in [3.8, 4) is 34.2 Å². The number of likely N-dealkylation sites (N-methyl/N-ethyl adjacent to an activating group) is 1. The molecule has 182 valence electrons. The number of pyridine rings is 2. The summed E-state index contributed by atoms with van der Waals surface area (Å²) >= 11 is 6.35. The van der Waals surface area contributed by atoms with Crippen molar-refractivity contribution in [1.82, 2.24) is 14.9 Å². The molecule has 0 fully saturated rings. The van der Waals surface area contributed by atoms with E-state index >= 15 is 0 Å². The number of benzene rings is 2. The fourth-order valence-corrected chi connectivity index (χ4v) is 4.42. The Morgan fingerprint density at radius 2 is 1.97 bits per heavy atom. The Labute approximate surface area is 214 Å². The molecule has 0 aliphatic rings. The summed E-state index contributed by atoms with van der Waals surface area (Å²) in [5.41, 5.74) is 11.1. The lowest BCUT2D eigenvalue weighted by Crippen LogP contribution is -2.38. The Balaban J connectivity index is 1.98. The number of carbonyl (C=O) groups is 1. The lowest BCUT2D eigenvalue weighted by molar-refractivity contribution is 0.0788. The molecule has 7 nitrogen and oxygen atoms in total. The Morgan fingerprint density at radius 1 is 1.19 bits per heavy atom. The quantitative estimate of drug-likeness (QED) is 0.371. The molecule has 0 bridgehead atoms. The molecule has 0 saturated carbocycles. The molecule has 2 heterocycles. The molecule has 36 heavy (non-hydrogen) atoms. The second kappa shape index (κ2) is 10.3. The van der Waals surface area contributed by atoms with Gasteiger partial charge in [-0.2, -0.15) is 5.26 Å². The van der Waals surface area contributed by atoms with E-state index in [1.54, 1.807) is 42.4 Å². The monoisotopic (exact) mass is 499 g/mol. The number of nitriles is 1. The van der Waals surface area contributed by atoms with Crippen molar-refractivity contribution in [2.24, 2.45) is 5.73 Å². The number of nitrogens with two attached hydrogens (primary N) is 1. The Hall–Kier alpha value is -3.99. The highest BCUT2D eigenvalue weighted by Gasteiger charge is 2.24. The first kappa shape index (κ1) is 25.1. The molecule has 2 aromatic carbocycles. The van der Waals surface area contributed by atoms with Gasteiger partial charge in [0.15, 0.2) is 0 Å². The summed E-state index contributed by atoms with van der Waals surface area (Å²) in [7, 11) is 1.72. The summed E-state index contributed by atoms with van der Waals surface area (Å²) in [6, 6.07) is 15.5. The van der Waals surface area contributed by atoms with Crippen molar-refractivity contribution >= 4 is 28.5 Å². The van der Waals surface area contributed by atoms with Crippen LogP contribution in [0, 0.1) is 18.3 Å². The van der Waals surface area contributed by atoms with Gasteiger partial charge in [-0.25, -0.2) is 4.98 Å². The summed E-state index contributed by atoms with van der Waals surface area (Å²) in [6.07, 6.45) is 2.40. The summed E-state index contributed by atoms with van der Waals surface area (Å²) in [5.74, 6) is -0.283. The van der Waals surface area contributed by atoms with E-state index in [1.807, 2.05) is 32.0 Å². The molecule has 2 aromatic heterocycles. The number of amides is 1. The third kappa shape index (κ3) is 5.15. The van der Waals surface area contributed by atoms with E-state index in [1.165, 1.54) is 12.1 Å². The largest absolute Gasteiger partial charge is 0.508 e.